The smallest absolute Gasteiger partial charge is 0.317 e. The maximum Gasteiger partial charge on any atom is 0.317 e. The van der Waals surface area contributed by atoms with Crippen LogP contribution in [-0.4, -0.2) is 60.8 Å². The highest BCUT2D eigenvalue weighted by molar-refractivity contribution is 5.74. The van der Waals surface area contributed by atoms with Crippen molar-refractivity contribution in [2.45, 2.75) is 82.3 Å². The van der Waals surface area contributed by atoms with Crippen LogP contribution in [0.4, 0.5) is 13.6 Å². The van der Waals surface area contributed by atoms with Crippen LogP contribution in [0.5, 0.6) is 0 Å². The lowest BCUT2D eigenvalue weighted by molar-refractivity contribution is 0.111. The van der Waals surface area contributed by atoms with Crippen LogP contribution < -0.4 is 5.32 Å². The van der Waals surface area contributed by atoms with Crippen LogP contribution in [-0.2, 0) is 12.8 Å². The zero-order chi connectivity index (χ0) is 25.6. The molecule has 200 valence electrons. The number of hydrogen-bond donors (Lipinski definition) is 1. The molecule has 0 bridgehead atoms. The van der Waals surface area contributed by atoms with Crippen LogP contribution >= 0.6 is 0 Å². The summed E-state index contributed by atoms with van der Waals surface area (Å²) in [4.78, 5) is 16.9. The van der Waals surface area contributed by atoms with E-state index < -0.39 is 6.17 Å². The second kappa shape index (κ2) is 12.4. The van der Waals surface area contributed by atoms with E-state index in [9.17, 15) is 9.18 Å². The Balaban J connectivity index is 1.13. The third-order valence-electron chi connectivity index (χ3n) is 8.60. The van der Waals surface area contributed by atoms with Gasteiger partial charge in [0.05, 0.1) is 0 Å². The van der Waals surface area contributed by atoms with E-state index in [1.807, 2.05) is 23.1 Å². The monoisotopic (exact) mass is 509 g/mol. The Morgan fingerprint density at radius 2 is 1.65 bits per heavy atom. The van der Waals surface area contributed by atoms with Gasteiger partial charge < -0.3 is 10.2 Å². The lowest BCUT2D eigenvalue weighted by atomic mass is 9.87. The molecule has 1 aliphatic heterocycles. The van der Waals surface area contributed by atoms with Crippen LogP contribution in [0.1, 0.15) is 79.5 Å². The van der Waals surface area contributed by atoms with Crippen molar-refractivity contribution in [3.63, 3.8) is 0 Å². The molecule has 6 heteroatoms. The number of carbonyl (C=O) groups excluding carboxylic acids is 1. The van der Waals surface area contributed by atoms with E-state index in [1.54, 1.807) is 6.07 Å². The molecule has 0 radical (unpaired) electrons. The highest BCUT2D eigenvalue weighted by Gasteiger charge is 2.28. The number of rotatable bonds is 5. The predicted molar refractivity (Wildman–Crippen MR) is 144 cm³/mol. The molecule has 2 aromatic carbocycles. The maximum atomic E-state index is 15.5. The van der Waals surface area contributed by atoms with Gasteiger partial charge in [0.1, 0.15) is 12.0 Å². The molecule has 1 heterocycles. The molecule has 2 amide bonds. The van der Waals surface area contributed by atoms with Gasteiger partial charge in [-0.15, -0.1) is 0 Å². The average Bonchev–Trinajstić information content (AvgIpc) is 3.02. The van der Waals surface area contributed by atoms with E-state index in [4.69, 9.17) is 0 Å². The summed E-state index contributed by atoms with van der Waals surface area (Å²) >= 11 is 0. The number of benzene rings is 2. The lowest BCUT2D eigenvalue weighted by Gasteiger charge is -2.36. The molecule has 2 atom stereocenters. The van der Waals surface area contributed by atoms with Crippen molar-refractivity contribution in [2.24, 2.45) is 0 Å². The Hall–Kier alpha value is -2.47. The van der Waals surface area contributed by atoms with Gasteiger partial charge in [-0.25, -0.2) is 13.6 Å². The molecule has 2 aliphatic carbocycles. The molecule has 1 saturated carbocycles. The van der Waals surface area contributed by atoms with Gasteiger partial charge in [-0.2, -0.15) is 0 Å². The minimum Gasteiger partial charge on any atom is -0.335 e. The fraction of sp³-hybridized carbons (Fsp3) is 0.581. The Labute approximate surface area is 220 Å². The molecule has 2 aromatic rings. The van der Waals surface area contributed by atoms with Gasteiger partial charge in [-0.1, -0.05) is 62.4 Å². The van der Waals surface area contributed by atoms with Gasteiger partial charge in [-0.3, -0.25) is 4.90 Å². The van der Waals surface area contributed by atoms with Crippen molar-refractivity contribution in [1.29, 1.82) is 0 Å². The molecule has 0 unspecified atom stereocenters. The molecular weight excluding hydrogens is 468 g/mol. The number of carbonyl (C=O) groups is 1. The number of amides is 2. The quantitative estimate of drug-likeness (QED) is 0.519. The first kappa shape index (κ1) is 26.1. The molecule has 1 saturated heterocycles. The number of nitrogens with zero attached hydrogens (tertiary/aromatic N) is 2. The van der Waals surface area contributed by atoms with Crippen molar-refractivity contribution < 1.29 is 13.6 Å². The number of hydrogen-bond acceptors (Lipinski definition) is 2. The fourth-order valence-corrected chi connectivity index (χ4v) is 6.50. The number of fused-ring (bicyclic) bond motifs is 2. The third kappa shape index (κ3) is 6.90. The van der Waals surface area contributed by atoms with Crippen LogP contribution in [0.2, 0.25) is 0 Å². The van der Waals surface area contributed by atoms with Gasteiger partial charge in [-0.05, 0) is 72.4 Å². The number of alkyl halides is 1. The van der Waals surface area contributed by atoms with Crippen LogP contribution in [0.3, 0.4) is 0 Å². The number of piperazine rings is 1. The normalized spacial score (nSPS) is 22.2. The van der Waals surface area contributed by atoms with E-state index in [0.717, 1.165) is 30.4 Å². The summed E-state index contributed by atoms with van der Waals surface area (Å²) in [5, 5.41) is 3.26. The Bertz CT molecular complexity index is 1040. The zero-order valence-corrected chi connectivity index (χ0v) is 21.9. The highest BCUT2D eigenvalue weighted by Crippen LogP contribution is 2.35. The molecule has 37 heavy (non-hydrogen) atoms. The topological polar surface area (TPSA) is 35.6 Å². The van der Waals surface area contributed by atoms with Crippen molar-refractivity contribution in [1.82, 2.24) is 15.1 Å². The van der Waals surface area contributed by atoms with Gasteiger partial charge in [0, 0.05) is 38.8 Å². The van der Waals surface area contributed by atoms with Gasteiger partial charge in [0.25, 0.3) is 0 Å². The SMILES string of the molecule is O=C(NC1CCCCCCC1)N1CCN(C[C@H](F)C[C@H]2Cc3cc(F)ccc3Cc3ccccc32)CC1. The summed E-state index contributed by atoms with van der Waals surface area (Å²) in [5.74, 6) is -0.193. The van der Waals surface area contributed by atoms with Crippen LogP contribution in [0.15, 0.2) is 42.5 Å². The number of urea groups is 1. The molecule has 3 aliphatic rings. The Morgan fingerprint density at radius 3 is 2.43 bits per heavy atom. The number of halogens is 2. The van der Waals surface area contributed by atoms with E-state index in [-0.39, 0.29) is 17.8 Å². The van der Waals surface area contributed by atoms with Crippen LogP contribution in [0, 0.1) is 5.82 Å². The van der Waals surface area contributed by atoms with Gasteiger partial charge in [0.2, 0.25) is 0 Å². The van der Waals surface area contributed by atoms with E-state index in [2.05, 4.69) is 22.3 Å². The summed E-state index contributed by atoms with van der Waals surface area (Å²) in [6.45, 7) is 3.07. The second-order valence-electron chi connectivity index (χ2n) is 11.3. The highest BCUT2D eigenvalue weighted by atomic mass is 19.1. The first-order chi connectivity index (χ1) is 18.0. The summed E-state index contributed by atoms with van der Waals surface area (Å²) in [6.07, 6.45) is 9.30. The van der Waals surface area contributed by atoms with Crippen LogP contribution in [0.25, 0.3) is 0 Å². The molecule has 0 aromatic heterocycles. The first-order valence-corrected chi connectivity index (χ1v) is 14.3. The lowest BCUT2D eigenvalue weighted by Crippen LogP contribution is -2.54. The second-order valence-corrected chi connectivity index (χ2v) is 11.3. The van der Waals surface area contributed by atoms with Crippen molar-refractivity contribution in [3.05, 3.63) is 70.5 Å². The van der Waals surface area contributed by atoms with Gasteiger partial charge in [0.15, 0.2) is 0 Å². The summed E-state index contributed by atoms with van der Waals surface area (Å²) in [7, 11) is 0. The third-order valence-corrected chi connectivity index (χ3v) is 8.60. The van der Waals surface area contributed by atoms with E-state index in [0.29, 0.717) is 51.6 Å². The molecule has 2 fully saturated rings. The fourth-order valence-electron chi connectivity index (χ4n) is 6.50. The molecular formula is C31H41F2N3O. The standard InChI is InChI=1S/C31H41F2N3O/c32-27-13-12-23-18-24-8-6-7-11-30(24)26(19-25(23)20-27)21-28(33)22-35-14-16-36(17-15-35)31(37)34-29-9-4-2-1-3-5-10-29/h6-8,11-13,20,26,28-29H,1-5,9-10,14-19,21-22H2,(H,34,37)/t26-,28-/m1/s1. The van der Waals surface area contributed by atoms with Crippen molar-refractivity contribution in [2.75, 3.05) is 32.7 Å². The molecule has 5 rings (SSSR count). The minimum atomic E-state index is -0.969. The molecule has 0 spiro atoms. The predicted octanol–water partition coefficient (Wildman–Crippen LogP) is 6.22. The van der Waals surface area contributed by atoms with Crippen molar-refractivity contribution in [3.8, 4) is 0 Å². The van der Waals surface area contributed by atoms with E-state index >= 15 is 4.39 Å². The summed E-state index contributed by atoms with van der Waals surface area (Å²) in [5.41, 5.74) is 4.55. The Kier molecular flexibility index (Phi) is 8.75. The Morgan fingerprint density at radius 1 is 0.919 bits per heavy atom. The largest absolute Gasteiger partial charge is 0.335 e. The maximum absolute atomic E-state index is 15.5. The summed E-state index contributed by atoms with van der Waals surface area (Å²) in [6, 6.07) is 13.7. The molecule has 4 nitrogen and oxygen atoms in total. The van der Waals surface area contributed by atoms with Crippen molar-refractivity contribution >= 4 is 6.03 Å². The average molecular weight is 510 g/mol. The van der Waals surface area contributed by atoms with E-state index in [1.165, 1.54) is 49.3 Å². The van der Waals surface area contributed by atoms with Gasteiger partial charge >= 0.3 is 6.03 Å². The summed E-state index contributed by atoms with van der Waals surface area (Å²) < 4.78 is 29.5. The molecule has 1 N–H and O–H groups in total. The number of nitrogens with one attached hydrogen (secondary N) is 1. The minimum absolute atomic E-state index is 0.0325. The first-order valence-electron chi connectivity index (χ1n) is 14.3. The zero-order valence-electron chi connectivity index (χ0n) is 21.9.